The Balaban J connectivity index is 1.46. The smallest absolute Gasteiger partial charge is 0.227 e. The van der Waals surface area contributed by atoms with Crippen molar-refractivity contribution in [2.75, 3.05) is 17.2 Å². The third-order valence-electron chi connectivity index (χ3n) is 4.66. The number of hydrogen-bond acceptors (Lipinski definition) is 4. The fourth-order valence-corrected chi connectivity index (χ4v) is 4.16. The Morgan fingerprint density at radius 1 is 1.10 bits per heavy atom. The predicted octanol–water partition coefficient (Wildman–Crippen LogP) is 4.15. The van der Waals surface area contributed by atoms with Crippen LogP contribution in [0.4, 0.5) is 5.69 Å². The molecule has 0 radical (unpaired) electrons. The van der Waals surface area contributed by atoms with Crippen molar-refractivity contribution in [1.82, 2.24) is 5.32 Å². The van der Waals surface area contributed by atoms with Crippen LogP contribution in [0.3, 0.4) is 0 Å². The number of nitrogens with one attached hydrogen (secondary N) is 1. The molecule has 6 heteroatoms. The molecule has 0 bridgehead atoms. The first-order chi connectivity index (χ1) is 14.0. The average molecular weight is 413 g/mol. The quantitative estimate of drug-likeness (QED) is 0.708. The molecule has 2 aromatic rings. The van der Waals surface area contributed by atoms with Gasteiger partial charge in [0.25, 0.3) is 0 Å². The summed E-state index contributed by atoms with van der Waals surface area (Å²) in [4.78, 5) is 27.8. The average Bonchev–Trinajstić information content (AvgIpc) is 2.74. The van der Waals surface area contributed by atoms with E-state index in [0.717, 1.165) is 27.5 Å². The van der Waals surface area contributed by atoms with Crippen LogP contribution in [-0.2, 0) is 27.5 Å². The normalized spacial score (nSPS) is 13.3. The number of hydrogen-bond donors (Lipinski definition) is 1. The highest BCUT2D eigenvalue weighted by Crippen LogP contribution is 2.34. The highest BCUT2D eigenvalue weighted by atomic mass is 32.2. The molecule has 2 aromatic carbocycles. The molecule has 0 unspecified atom stereocenters. The van der Waals surface area contributed by atoms with Gasteiger partial charge in [-0.25, -0.2) is 0 Å². The maximum Gasteiger partial charge on any atom is 0.227 e. The van der Waals surface area contributed by atoms with E-state index < -0.39 is 0 Å². The monoisotopic (exact) mass is 412 g/mol. The number of thioether (sulfide) groups is 1. The molecule has 0 fully saturated rings. The molecule has 1 heterocycles. The van der Waals surface area contributed by atoms with Gasteiger partial charge in [-0.2, -0.15) is 0 Å². The summed E-state index contributed by atoms with van der Waals surface area (Å²) in [5, 5.41) is 2.91. The zero-order valence-corrected chi connectivity index (χ0v) is 17.8. The number of amides is 2. The number of benzene rings is 2. The summed E-state index contributed by atoms with van der Waals surface area (Å²) < 4.78 is 5.63. The Hall–Kier alpha value is -2.31. The topological polar surface area (TPSA) is 58.6 Å². The number of nitrogens with zero attached hydrogens (tertiary/aromatic N) is 1. The van der Waals surface area contributed by atoms with Crippen LogP contribution in [0.5, 0.6) is 0 Å². The van der Waals surface area contributed by atoms with Crippen LogP contribution in [0, 0.1) is 0 Å². The van der Waals surface area contributed by atoms with Gasteiger partial charge in [0.1, 0.15) is 0 Å². The van der Waals surface area contributed by atoms with Gasteiger partial charge >= 0.3 is 0 Å². The zero-order valence-electron chi connectivity index (χ0n) is 17.0. The molecule has 0 saturated heterocycles. The van der Waals surface area contributed by atoms with E-state index in [0.29, 0.717) is 19.7 Å². The molecule has 5 nitrogen and oxygen atoms in total. The molecule has 1 aliphatic heterocycles. The van der Waals surface area contributed by atoms with Crippen molar-refractivity contribution in [3.63, 3.8) is 0 Å². The van der Waals surface area contributed by atoms with Crippen LogP contribution in [0.1, 0.15) is 37.8 Å². The third kappa shape index (κ3) is 6.34. The fraction of sp³-hybridized carbons (Fsp3) is 0.391. The van der Waals surface area contributed by atoms with Gasteiger partial charge in [-0.1, -0.05) is 36.4 Å². The van der Waals surface area contributed by atoms with E-state index in [4.69, 9.17) is 4.74 Å². The van der Waals surface area contributed by atoms with Gasteiger partial charge in [-0.3, -0.25) is 9.59 Å². The molecule has 2 amide bonds. The molecule has 1 aliphatic rings. The van der Waals surface area contributed by atoms with Crippen LogP contribution in [0.2, 0.25) is 0 Å². The van der Waals surface area contributed by atoms with Gasteiger partial charge in [0, 0.05) is 36.6 Å². The van der Waals surface area contributed by atoms with Crippen molar-refractivity contribution in [3.8, 4) is 0 Å². The lowest BCUT2D eigenvalue weighted by molar-refractivity contribution is -0.125. The lowest BCUT2D eigenvalue weighted by Gasteiger charge is -2.29. The summed E-state index contributed by atoms with van der Waals surface area (Å²) in [5.41, 5.74) is 3.06. The number of ether oxygens (including phenoxy) is 1. The van der Waals surface area contributed by atoms with Gasteiger partial charge in [-0.05, 0) is 37.1 Å². The van der Waals surface area contributed by atoms with E-state index >= 15 is 0 Å². The minimum atomic E-state index is -0.109. The molecule has 1 N–H and O–H groups in total. The number of para-hydroxylation sites is 1. The fourth-order valence-electron chi connectivity index (χ4n) is 3.17. The minimum Gasteiger partial charge on any atom is -0.374 e. The standard InChI is InChI=1S/C23H28N2O3S/c1-17(2)28-16-19-7-5-6-18(14-19)15-24-22(26)10-11-23(27)25-12-13-29-21-9-4-3-8-20(21)25/h3-9,14,17H,10-13,15-16H2,1-2H3,(H,24,26). The van der Waals surface area contributed by atoms with Crippen molar-refractivity contribution < 1.29 is 14.3 Å². The van der Waals surface area contributed by atoms with Crippen molar-refractivity contribution in [2.45, 2.75) is 50.8 Å². The third-order valence-corrected chi connectivity index (χ3v) is 5.70. The summed E-state index contributed by atoms with van der Waals surface area (Å²) in [7, 11) is 0. The molecule has 154 valence electrons. The maximum absolute atomic E-state index is 12.6. The second-order valence-electron chi connectivity index (χ2n) is 7.32. The Bertz CT molecular complexity index is 854. The van der Waals surface area contributed by atoms with Crippen molar-refractivity contribution >= 4 is 29.3 Å². The minimum absolute atomic E-state index is 0.000677. The molecule has 0 spiro atoms. The Kier molecular flexibility index (Phi) is 7.72. The molecular weight excluding hydrogens is 384 g/mol. The second kappa shape index (κ2) is 10.5. The van der Waals surface area contributed by atoms with E-state index in [9.17, 15) is 9.59 Å². The number of carbonyl (C=O) groups is 2. The first-order valence-corrected chi connectivity index (χ1v) is 11.0. The SMILES string of the molecule is CC(C)OCc1cccc(CNC(=O)CCC(=O)N2CCSc3ccccc32)c1. The summed E-state index contributed by atoms with van der Waals surface area (Å²) in [6, 6.07) is 15.9. The van der Waals surface area contributed by atoms with Gasteiger partial charge in [0.05, 0.1) is 18.4 Å². The summed E-state index contributed by atoms with van der Waals surface area (Å²) in [5.74, 6) is 0.772. The van der Waals surface area contributed by atoms with Crippen LogP contribution in [0.15, 0.2) is 53.4 Å². The highest BCUT2D eigenvalue weighted by Gasteiger charge is 2.22. The number of rotatable bonds is 8. The zero-order chi connectivity index (χ0) is 20.6. The molecule has 0 saturated carbocycles. The Morgan fingerprint density at radius 3 is 2.72 bits per heavy atom. The first-order valence-electron chi connectivity index (χ1n) is 10.0. The van der Waals surface area contributed by atoms with Crippen LogP contribution in [-0.4, -0.2) is 30.2 Å². The largest absolute Gasteiger partial charge is 0.374 e. The predicted molar refractivity (Wildman–Crippen MR) is 117 cm³/mol. The van der Waals surface area contributed by atoms with E-state index in [1.807, 2.05) is 62.4 Å². The molecule has 0 aromatic heterocycles. The van der Waals surface area contributed by atoms with E-state index in [1.165, 1.54) is 0 Å². The van der Waals surface area contributed by atoms with Gasteiger partial charge < -0.3 is 15.0 Å². The van der Waals surface area contributed by atoms with Crippen molar-refractivity contribution in [1.29, 1.82) is 0 Å². The maximum atomic E-state index is 12.6. The molecular formula is C23H28N2O3S. The van der Waals surface area contributed by atoms with Gasteiger partial charge in [0.15, 0.2) is 0 Å². The van der Waals surface area contributed by atoms with Crippen molar-refractivity contribution in [3.05, 3.63) is 59.7 Å². The van der Waals surface area contributed by atoms with Crippen LogP contribution < -0.4 is 10.2 Å². The summed E-state index contributed by atoms with van der Waals surface area (Å²) >= 11 is 1.76. The number of carbonyl (C=O) groups excluding carboxylic acids is 2. The molecule has 3 rings (SSSR count). The molecule has 0 aliphatic carbocycles. The van der Waals surface area contributed by atoms with E-state index in [-0.39, 0.29) is 30.8 Å². The summed E-state index contributed by atoms with van der Waals surface area (Å²) in [6.07, 6.45) is 0.592. The van der Waals surface area contributed by atoms with E-state index in [1.54, 1.807) is 16.7 Å². The molecule has 29 heavy (non-hydrogen) atoms. The Labute approximate surface area is 176 Å². The van der Waals surface area contributed by atoms with E-state index in [2.05, 4.69) is 5.32 Å². The lowest BCUT2D eigenvalue weighted by Crippen LogP contribution is -2.36. The van der Waals surface area contributed by atoms with Gasteiger partial charge in [-0.15, -0.1) is 11.8 Å². The van der Waals surface area contributed by atoms with Crippen LogP contribution >= 0.6 is 11.8 Å². The number of anilines is 1. The summed E-state index contributed by atoms with van der Waals surface area (Å²) in [6.45, 7) is 5.71. The van der Waals surface area contributed by atoms with Crippen LogP contribution in [0.25, 0.3) is 0 Å². The van der Waals surface area contributed by atoms with Gasteiger partial charge in [0.2, 0.25) is 11.8 Å². The molecule has 0 atom stereocenters. The lowest BCUT2D eigenvalue weighted by atomic mass is 10.1. The first kappa shape index (κ1) is 21.4. The van der Waals surface area contributed by atoms with Crippen molar-refractivity contribution in [2.24, 2.45) is 0 Å². The highest BCUT2D eigenvalue weighted by molar-refractivity contribution is 7.99. The Morgan fingerprint density at radius 2 is 1.90 bits per heavy atom. The number of fused-ring (bicyclic) bond motifs is 1. The second-order valence-corrected chi connectivity index (χ2v) is 8.45.